The second kappa shape index (κ2) is 5.14. The van der Waals surface area contributed by atoms with Crippen molar-refractivity contribution in [1.29, 1.82) is 0 Å². The summed E-state index contributed by atoms with van der Waals surface area (Å²) in [4.78, 5) is 13.2. The summed E-state index contributed by atoms with van der Waals surface area (Å²) in [7, 11) is 0. The van der Waals surface area contributed by atoms with Gasteiger partial charge in [0.05, 0.1) is 4.88 Å². The standard InChI is InChI=1S/C10H16N2O2S/c1-6(3-4-13)12-10(14)9-5-8(11)7(2)15-9/h5-6,13H,3-4,11H2,1-2H3,(H,12,14). The summed E-state index contributed by atoms with van der Waals surface area (Å²) in [5.41, 5.74) is 6.31. The molecule has 0 aliphatic carbocycles. The van der Waals surface area contributed by atoms with Crippen LogP contribution in [0.2, 0.25) is 0 Å². The molecule has 0 radical (unpaired) electrons. The van der Waals surface area contributed by atoms with E-state index in [0.717, 1.165) is 4.88 Å². The fourth-order valence-electron chi connectivity index (χ4n) is 1.17. The van der Waals surface area contributed by atoms with E-state index in [1.54, 1.807) is 6.07 Å². The highest BCUT2D eigenvalue weighted by atomic mass is 32.1. The molecule has 0 aromatic carbocycles. The van der Waals surface area contributed by atoms with E-state index in [9.17, 15) is 4.79 Å². The number of carbonyl (C=O) groups is 1. The zero-order chi connectivity index (χ0) is 11.4. The molecule has 1 aromatic heterocycles. The third kappa shape index (κ3) is 3.21. The third-order valence-electron chi connectivity index (χ3n) is 2.12. The minimum Gasteiger partial charge on any atom is -0.398 e. The number of hydrogen-bond acceptors (Lipinski definition) is 4. The molecule has 1 atom stereocenters. The van der Waals surface area contributed by atoms with Gasteiger partial charge in [-0.1, -0.05) is 0 Å². The molecule has 0 saturated carbocycles. The molecule has 1 unspecified atom stereocenters. The summed E-state index contributed by atoms with van der Waals surface area (Å²) in [5.74, 6) is -0.124. The number of amides is 1. The highest BCUT2D eigenvalue weighted by Crippen LogP contribution is 2.23. The average molecular weight is 228 g/mol. The third-order valence-corrected chi connectivity index (χ3v) is 3.18. The van der Waals surface area contributed by atoms with Crippen LogP contribution in [0.25, 0.3) is 0 Å². The Morgan fingerprint density at radius 3 is 2.87 bits per heavy atom. The maximum absolute atomic E-state index is 11.7. The fraction of sp³-hybridized carbons (Fsp3) is 0.500. The van der Waals surface area contributed by atoms with Crippen molar-refractivity contribution >= 4 is 22.9 Å². The van der Waals surface area contributed by atoms with Crippen LogP contribution in [0.1, 0.15) is 27.9 Å². The van der Waals surface area contributed by atoms with Crippen molar-refractivity contribution in [3.05, 3.63) is 15.8 Å². The van der Waals surface area contributed by atoms with Crippen LogP contribution in [-0.4, -0.2) is 23.7 Å². The molecular weight excluding hydrogens is 212 g/mol. The van der Waals surface area contributed by atoms with Crippen molar-refractivity contribution in [2.75, 3.05) is 12.3 Å². The van der Waals surface area contributed by atoms with Gasteiger partial charge in [0.25, 0.3) is 5.91 Å². The smallest absolute Gasteiger partial charge is 0.261 e. The normalized spacial score (nSPS) is 12.5. The number of nitrogens with two attached hydrogens (primary N) is 1. The van der Waals surface area contributed by atoms with E-state index in [2.05, 4.69) is 5.32 Å². The number of rotatable bonds is 4. The Morgan fingerprint density at radius 1 is 1.73 bits per heavy atom. The topological polar surface area (TPSA) is 75.3 Å². The summed E-state index contributed by atoms with van der Waals surface area (Å²) in [6.45, 7) is 3.82. The number of thiophene rings is 1. The zero-order valence-corrected chi connectivity index (χ0v) is 9.73. The van der Waals surface area contributed by atoms with Gasteiger partial charge in [0.1, 0.15) is 0 Å². The first kappa shape index (κ1) is 12.0. The molecule has 0 saturated heterocycles. The highest BCUT2D eigenvalue weighted by Gasteiger charge is 2.12. The molecule has 0 fully saturated rings. The maximum Gasteiger partial charge on any atom is 0.261 e. The Kier molecular flexibility index (Phi) is 4.11. The Labute approximate surface area is 93.1 Å². The molecule has 0 aliphatic rings. The Hall–Kier alpha value is -1.07. The van der Waals surface area contributed by atoms with Crippen molar-refractivity contribution < 1.29 is 9.90 Å². The minimum absolute atomic E-state index is 0.0221. The second-order valence-corrected chi connectivity index (χ2v) is 4.77. The first-order valence-electron chi connectivity index (χ1n) is 4.82. The van der Waals surface area contributed by atoms with E-state index in [0.29, 0.717) is 17.0 Å². The van der Waals surface area contributed by atoms with Crippen molar-refractivity contribution in [3.8, 4) is 0 Å². The summed E-state index contributed by atoms with van der Waals surface area (Å²) in [6, 6.07) is 1.66. The van der Waals surface area contributed by atoms with Crippen LogP contribution in [0.3, 0.4) is 0 Å². The van der Waals surface area contributed by atoms with Crippen molar-refractivity contribution in [3.63, 3.8) is 0 Å². The van der Waals surface area contributed by atoms with Crippen LogP contribution in [0.15, 0.2) is 6.07 Å². The molecule has 5 heteroatoms. The molecule has 84 valence electrons. The molecule has 1 aromatic rings. The van der Waals surface area contributed by atoms with Crippen LogP contribution in [0, 0.1) is 6.92 Å². The SMILES string of the molecule is Cc1sc(C(=O)NC(C)CCO)cc1N. The van der Waals surface area contributed by atoms with Crippen LogP contribution in [0.5, 0.6) is 0 Å². The zero-order valence-electron chi connectivity index (χ0n) is 8.91. The number of aryl methyl sites for hydroxylation is 1. The quantitative estimate of drug-likeness (QED) is 0.723. The van der Waals surface area contributed by atoms with Crippen LogP contribution in [0.4, 0.5) is 5.69 Å². The summed E-state index contributed by atoms with van der Waals surface area (Å²) < 4.78 is 0. The Morgan fingerprint density at radius 2 is 2.40 bits per heavy atom. The predicted octanol–water partition coefficient (Wildman–Crippen LogP) is 1.14. The van der Waals surface area contributed by atoms with E-state index in [1.165, 1.54) is 11.3 Å². The summed E-state index contributed by atoms with van der Waals surface area (Å²) in [5, 5.41) is 11.5. The van der Waals surface area contributed by atoms with Gasteiger partial charge in [0.2, 0.25) is 0 Å². The molecule has 4 N–H and O–H groups in total. The first-order valence-corrected chi connectivity index (χ1v) is 5.64. The number of nitrogens with one attached hydrogen (secondary N) is 1. The van der Waals surface area contributed by atoms with Crippen LogP contribution >= 0.6 is 11.3 Å². The largest absolute Gasteiger partial charge is 0.398 e. The van der Waals surface area contributed by atoms with Gasteiger partial charge < -0.3 is 16.2 Å². The molecule has 0 spiro atoms. The van der Waals surface area contributed by atoms with Crippen molar-refractivity contribution in [1.82, 2.24) is 5.32 Å². The minimum atomic E-state index is -0.124. The molecule has 4 nitrogen and oxygen atoms in total. The molecule has 1 rings (SSSR count). The maximum atomic E-state index is 11.7. The Bertz CT molecular complexity index is 330. The molecule has 1 heterocycles. The number of aliphatic hydroxyl groups is 1. The monoisotopic (exact) mass is 228 g/mol. The molecule has 15 heavy (non-hydrogen) atoms. The Balaban J connectivity index is 2.61. The highest BCUT2D eigenvalue weighted by molar-refractivity contribution is 7.14. The van der Waals surface area contributed by atoms with Crippen LogP contribution in [-0.2, 0) is 0 Å². The van der Waals surface area contributed by atoms with Crippen molar-refractivity contribution in [2.24, 2.45) is 0 Å². The van der Waals surface area contributed by atoms with E-state index < -0.39 is 0 Å². The second-order valence-electron chi connectivity index (χ2n) is 3.51. The van der Waals surface area contributed by atoms with E-state index in [1.807, 2.05) is 13.8 Å². The van der Waals surface area contributed by atoms with E-state index >= 15 is 0 Å². The molecular formula is C10H16N2O2S. The molecule has 0 aliphatic heterocycles. The van der Waals surface area contributed by atoms with Gasteiger partial charge in [-0.3, -0.25) is 4.79 Å². The number of aliphatic hydroxyl groups excluding tert-OH is 1. The van der Waals surface area contributed by atoms with E-state index in [4.69, 9.17) is 10.8 Å². The lowest BCUT2D eigenvalue weighted by Crippen LogP contribution is -2.32. The summed E-state index contributed by atoms with van der Waals surface area (Å²) in [6.07, 6.45) is 0.561. The lowest BCUT2D eigenvalue weighted by atomic mass is 10.2. The van der Waals surface area contributed by atoms with Gasteiger partial charge in [0, 0.05) is 23.2 Å². The number of carbonyl (C=O) groups excluding carboxylic acids is 1. The number of hydrogen-bond donors (Lipinski definition) is 3. The predicted molar refractivity (Wildman–Crippen MR) is 62.1 cm³/mol. The molecule has 0 bridgehead atoms. The average Bonchev–Trinajstić information content (AvgIpc) is 2.47. The number of anilines is 1. The van der Waals surface area contributed by atoms with Gasteiger partial charge in [0.15, 0.2) is 0 Å². The van der Waals surface area contributed by atoms with Gasteiger partial charge in [-0.2, -0.15) is 0 Å². The molecule has 1 amide bonds. The van der Waals surface area contributed by atoms with E-state index in [-0.39, 0.29) is 18.6 Å². The number of nitrogen functional groups attached to an aromatic ring is 1. The van der Waals surface area contributed by atoms with Gasteiger partial charge in [-0.15, -0.1) is 11.3 Å². The van der Waals surface area contributed by atoms with Gasteiger partial charge in [-0.05, 0) is 26.3 Å². The fourth-order valence-corrected chi connectivity index (χ4v) is 2.01. The lowest BCUT2D eigenvalue weighted by Gasteiger charge is -2.10. The van der Waals surface area contributed by atoms with Crippen molar-refractivity contribution in [2.45, 2.75) is 26.3 Å². The lowest BCUT2D eigenvalue weighted by molar-refractivity contribution is 0.0938. The first-order chi connectivity index (χ1) is 7.04. The summed E-state index contributed by atoms with van der Waals surface area (Å²) >= 11 is 1.38. The van der Waals surface area contributed by atoms with Crippen LogP contribution < -0.4 is 11.1 Å². The van der Waals surface area contributed by atoms with Gasteiger partial charge >= 0.3 is 0 Å². The van der Waals surface area contributed by atoms with Gasteiger partial charge in [-0.25, -0.2) is 0 Å².